The van der Waals surface area contributed by atoms with Gasteiger partial charge in [-0.25, -0.2) is 0 Å². The van der Waals surface area contributed by atoms with E-state index in [0.717, 1.165) is 17.7 Å². The molecule has 22 heavy (non-hydrogen) atoms. The smallest absolute Gasteiger partial charge is 0.255 e. The summed E-state index contributed by atoms with van der Waals surface area (Å²) in [5.74, 6) is 0.164. The van der Waals surface area contributed by atoms with Crippen LogP contribution in [0, 0.1) is 6.92 Å². The minimum atomic E-state index is 0.0957. The summed E-state index contributed by atoms with van der Waals surface area (Å²) in [4.78, 5) is 14.6. The summed E-state index contributed by atoms with van der Waals surface area (Å²) in [5, 5.41) is 1.26. The van der Waals surface area contributed by atoms with E-state index in [-0.39, 0.29) is 11.9 Å². The summed E-state index contributed by atoms with van der Waals surface area (Å²) < 4.78 is 2.22. The molecule has 0 aliphatic carbocycles. The number of hydrogen-bond acceptors (Lipinski definition) is 1. The summed E-state index contributed by atoms with van der Waals surface area (Å²) in [6.07, 6.45) is 0. The zero-order chi connectivity index (χ0) is 15.0. The van der Waals surface area contributed by atoms with Gasteiger partial charge in [-0.3, -0.25) is 4.79 Å². The summed E-state index contributed by atoms with van der Waals surface area (Å²) in [7, 11) is 2.10. The number of aryl methyl sites for hydroxylation is 2. The van der Waals surface area contributed by atoms with Crippen molar-refractivity contribution in [2.75, 3.05) is 0 Å². The summed E-state index contributed by atoms with van der Waals surface area (Å²) in [6, 6.07) is 14.9. The molecule has 2 aliphatic rings. The van der Waals surface area contributed by atoms with Crippen LogP contribution < -0.4 is 0 Å². The lowest BCUT2D eigenvalue weighted by Gasteiger charge is -2.16. The monoisotopic (exact) mass is 288 g/mol. The first-order chi connectivity index (χ1) is 10.6. The highest BCUT2D eigenvalue weighted by molar-refractivity contribution is 6.01. The van der Waals surface area contributed by atoms with E-state index in [9.17, 15) is 4.79 Å². The van der Waals surface area contributed by atoms with Crippen molar-refractivity contribution in [3.05, 3.63) is 70.4 Å². The van der Waals surface area contributed by atoms with Gasteiger partial charge >= 0.3 is 0 Å². The molecule has 0 saturated heterocycles. The Morgan fingerprint density at radius 3 is 2.77 bits per heavy atom. The molecule has 0 bridgehead atoms. The lowest BCUT2D eigenvalue weighted by atomic mass is 9.96. The van der Waals surface area contributed by atoms with Gasteiger partial charge in [-0.15, -0.1) is 0 Å². The van der Waals surface area contributed by atoms with Crippen LogP contribution in [-0.2, 0) is 13.6 Å². The third-order valence-corrected chi connectivity index (χ3v) is 5.24. The minimum Gasteiger partial charge on any atom is -0.348 e. The molecule has 0 spiro atoms. The lowest BCUT2D eigenvalue weighted by Crippen LogP contribution is -2.21. The van der Waals surface area contributed by atoms with Crippen LogP contribution in [0.4, 0.5) is 0 Å². The highest BCUT2D eigenvalue weighted by Crippen LogP contribution is 2.46. The van der Waals surface area contributed by atoms with Crippen molar-refractivity contribution in [1.82, 2.24) is 9.47 Å². The van der Waals surface area contributed by atoms with E-state index in [1.54, 1.807) is 0 Å². The van der Waals surface area contributed by atoms with E-state index in [1.165, 1.54) is 27.7 Å². The molecule has 2 aliphatic heterocycles. The molecular weight excluding hydrogens is 272 g/mol. The van der Waals surface area contributed by atoms with Gasteiger partial charge in [-0.1, -0.05) is 18.2 Å². The fourth-order valence-electron chi connectivity index (χ4n) is 4.03. The normalized spacial score (nSPS) is 18.7. The third-order valence-electron chi connectivity index (χ3n) is 5.24. The highest BCUT2D eigenvalue weighted by Gasteiger charge is 2.42. The van der Waals surface area contributed by atoms with Crippen molar-refractivity contribution in [2.24, 2.45) is 7.05 Å². The highest BCUT2D eigenvalue weighted by atomic mass is 16.2. The molecule has 5 rings (SSSR count). The summed E-state index contributed by atoms with van der Waals surface area (Å²) in [5.41, 5.74) is 7.09. The largest absolute Gasteiger partial charge is 0.348 e. The Kier molecular flexibility index (Phi) is 2.08. The summed E-state index contributed by atoms with van der Waals surface area (Å²) in [6.45, 7) is 2.85. The van der Waals surface area contributed by atoms with Gasteiger partial charge in [0.25, 0.3) is 5.91 Å². The van der Waals surface area contributed by atoms with Crippen LogP contribution in [0.2, 0.25) is 0 Å². The average Bonchev–Trinajstić information content (AvgIpc) is 3.11. The SMILES string of the molecule is Cc1cc2cc3c(cc2n1C)[C@H]1c2ccccc2C(=O)N1C3. The number of benzene rings is 2. The van der Waals surface area contributed by atoms with E-state index in [1.807, 2.05) is 23.1 Å². The van der Waals surface area contributed by atoms with Gasteiger partial charge in [0.15, 0.2) is 0 Å². The predicted octanol–water partition coefficient (Wildman–Crippen LogP) is 3.55. The number of aromatic nitrogens is 1. The second-order valence-corrected chi connectivity index (χ2v) is 6.38. The van der Waals surface area contributed by atoms with E-state index in [4.69, 9.17) is 0 Å². The average molecular weight is 288 g/mol. The fourth-order valence-corrected chi connectivity index (χ4v) is 4.03. The Bertz CT molecular complexity index is 967. The Labute approximate surface area is 128 Å². The molecule has 3 aromatic rings. The molecule has 2 aromatic carbocycles. The van der Waals surface area contributed by atoms with Crippen LogP contribution in [-0.4, -0.2) is 15.4 Å². The molecule has 0 N–H and O–H groups in total. The van der Waals surface area contributed by atoms with Crippen molar-refractivity contribution in [1.29, 1.82) is 0 Å². The molecule has 3 heteroatoms. The molecule has 0 saturated carbocycles. The Balaban J connectivity index is 1.79. The number of carbonyl (C=O) groups is 1. The third kappa shape index (κ3) is 1.29. The van der Waals surface area contributed by atoms with Crippen molar-refractivity contribution in [3.63, 3.8) is 0 Å². The molecule has 1 amide bonds. The Hall–Kier alpha value is -2.55. The van der Waals surface area contributed by atoms with Crippen LogP contribution >= 0.6 is 0 Å². The maximum atomic E-state index is 12.6. The number of amides is 1. The minimum absolute atomic E-state index is 0.0957. The topological polar surface area (TPSA) is 25.2 Å². The quantitative estimate of drug-likeness (QED) is 0.621. The number of carbonyl (C=O) groups excluding carboxylic acids is 1. The zero-order valence-corrected chi connectivity index (χ0v) is 12.6. The predicted molar refractivity (Wildman–Crippen MR) is 85.8 cm³/mol. The van der Waals surface area contributed by atoms with Crippen molar-refractivity contribution in [3.8, 4) is 0 Å². The second-order valence-electron chi connectivity index (χ2n) is 6.38. The molecule has 0 fully saturated rings. The van der Waals surface area contributed by atoms with E-state index >= 15 is 0 Å². The Morgan fingerprint density at radius 1 is 1.09 bits per heavy atom. The molecular formula is C19H16N2O. The number of nitrogens with zero attached hydrogens (tertiary/aromatic N) is 2. The van der Waals surface area contributed by atoms with Crippen LogP contribution in [0.1, 0.15) is 38.8 Å². The first kappa shape index (κ1) is 12.0. The molecule has 3 nitrogen and oxygen atoms in total. The zero-order valence-electron chi connectivity index (χ0n) is 12.6. The van der Waals surface area contributed by atoms with Crippen LogP contribution in [0.3, 0.4) is 0 Å². The first-order valence-corrected chi connectivity index (χ1v) is 7.64. The molecule has 108 valence electrons. The van der Waals surface area contributed by atoms with Crippen LogP contribution in [0.25, 0.3) is 10.9 Å². The van der Waals surface area contributed by atoms with Crippen LogP contribution in [0.5, 0.6) is 0 Å². The van der Waals surface area contributed by atoms with E-state index < -0.39 is 0 Å². The van der Waals surface area contributed by atoms with Crippen molar-refractivity contribution < 1.29 is 4.79 Å². The van der Waals surface area contributed by atoms with Gasteiger partial charge in [-0.2, -0.15) is 0 Å². The van der Waals surface area contributed by atoms with Gasteiger partial charge < -0.3 is 9.47 Å². The maximum Gasteiger partial charge on any atom is 0.255 e. The number of fused-ring (bicyclic) bond motifs is 6. The number of hydrogen-bond donors (Lipinski definition) is 0. The lowest BCUT2D eigenvalue weighted by molar-refractivity contribution is 0.0759. The molecule has 1 aromatic heterocycles. The molecule has 3 heterocycles. The molecule has 0 unspecified atom stereocenters. The van der Waals surface area contributed by atoms with Gasteiger partial charge in [0, 0.05) is 35.8 Å². The first-order valence-electron chi connectivity index (χ1n) is 7.64. The number of rotatable bonds is 0. The molecule has 0 radical (unpaired) electrons. The summed E-state index contributed by atoms with van der Waals surface area (Å²) >= 11 is 0. The van der Waals surface area contributed by atoms with Crippen LogP contribution in [0.15, 0.2) is 42.5 Å². The van der Waals surface area contributed by atoms with Gasteiger partial charge in [0.05, 0.1) is 6.04 Å². The second kappa shape index (κ2) is 3.80. The van der Waals surface area contributed by atoms with Crippen molar-refractivity contribution in [2.45, 2.75) is 19.5 Å². The maximum absolute atomic E-state index is 12.6. The fraction of sp³-hybridized carbons (Fsp3) is 0.211. The Morgan fingerprint density at radius 2 is 1.91 bits per heavy atom. The van der Waals surface area contributed by atoms with E-state index in [0.29, 0.717) is 0 Å². The van der Waals surface area contributed by atoms with E-state index in [2.05, 4.69) is 42.8 Å². The standard InChI is InChI=1S/C19H16N2O/c1-11-7-12-8-13-10-21-18(16(13)9-17(12)20(11)2)14-5-3-4-6-15(14)19(21)22/h3-9,18H,10H2,1-2H3/t18-/m1/s1. The molecule has 1 atom stereocenters. The van der Waals surface area contributed by atoms with Crippen molar-refractivity contribution >= 4 is 16.8 Å². The van der Waals surface area contributed by atoms with Gasteiger partial charge in [-0.05, 0) is 47.9 Å². The van der Waals surface area contributed by atoms with Gasteiger partial charge in [0.1, 0.15) is 0 Å². The van der Waals surface area contributed by atoms with Gasteiger partial charge in [0.2, 0.25) is 0 Å².